The van der Waals surface area contributed by atoms with E-state index in [-0.39, 0.29) is 12.7 Å². The zero-order chi connectivity index (χ0) is 11.4. The first-order valence-corrected chi connectivity index (χ1v) is 5.96. The normalized spacial score (nSPS) is 19.1. The Balaban J connectivity index is 2.17. The van der Waals surface area contributed by atoms with Crippen molar-refractivity contribution < 1.29 is 9.84 Å². The predicted octanol–water partition coefficient (Wildman–Crippen LogP) is 2.05. The standard InChI is InChI=1S/C13H19NO2/c1-2-11-10-14(8-5-9-15)12-6-3-4-7-13(12)16-11/h3-4,6-7,11,15H,2,5,8-10H2,1H3/t11-/m0/s1. The van der Waals surface area contributed by atoms with Gasteiger partial charge in [0.2, 0.25) is 0 Å². The van der Waals surface area contributed by atoms with Crippen LogP contribution in [-0.4, -0.2) is 30.9 Å². The van der Waals surface area contributed by atoms with Gasteiger partial charge in [0.25, 0.3) is 0 Å². The molecule has 1 N–H and O–H groups in total. The fourth-order valence-corrected chi connectivity index (χ4v) is 2.06. The molecule has 88 valence electrons. The predicted molar refractivity (Wildman–Crippen MR) is 65.1 cm³/mol. The Bertz CT molecular complexity index is 340. The van der Waals surface area contributed by atoms with Crippen molar-refractivity contribution in [1.82, 2.24) is 0 Å². The van der Waals surface area contributed by atoms with Crippen molar-refractivity contribution in [3.05, 3.63) is 24.3 Å². The molecular formula is C13H19NO2. The Morgan fingerprint density at radius 3 is 3.00 bits per heavy atom. The molecule has 0 saturated heterocycles. The lowest BCUT2D eigenvalue weighted by atomic mass is 10.1. The van der Waals surface area contributed by atoms with Gasteiger partial charge in [-0.25, -0.2) is 0 Å². The smallest absolute Gasteiger partial charge is 0.143 e. The first kappa shape index (κ1) is 11.3. The molecule has 0 aromatic heterocycles. The fraction of sp³-hybridized carbons (Fsp3) is 0.538. The maximum absolute atomic E-state index is 8.91. The van der Waals surface area contributed by atoms with E-state index in [4.69, 9.17) is 9.84 Å². The van der Waals surface area contributed by atoms with Crippen LogP contribution in [0.5, 0.6) is 5.75 Å². The fourth-order valence-electron chi connectivity index (χ4n) is 2.06. The molecule has 1 aliphatic rings. The molecule has 3 nitrogen and oxygen atoms in total. The van der Waals surface area contributed by atoms with Crippen molar-refractivity contribution in [3.63, 3.8) is 0 Å². The number of fused-ring (bicyclic) bond motifs is 1. The number of hydrogen-bond donors (Lipinski definition) is 1. The van der Waals surface area contributed by atoms with Gasteiger partial charge >= 0.3 is 0 Å². The Hall–Kier alpha value is -1.22. The molecule has 1 aromatic carbocycles. The lowest BCUT2D eigenvalue weighted by Gasteiger charge is -2.36. The Morgan fingerprint density at radius 1 is 1.44 bits per heavy atom. The van der Waals surface area contributed by atoms with Crippen molar-refractivity contribution in [3.8, 4) is 5.75 Å². The van der Waals surface area contributed by atoms with Crippen LogP contribution < -0.4 is 9.64 Å². The van der Waals surface area contributed by atoms with E-state index in [1.807, 2.05) is 18.2 Å². The van der Waals surface area contributed by atoms with Crippen molar-refractivity contribution in [2.75, 3.05) is 24.6 Å². The van der Waals surface area contributed by atoms with E-state index in [9.17, 15) is 0 Å². The van der Waals surface area contributed by atoms with Gasteiger partial charge in [0.15, 0.2) is 0 Å². The first-order valence-electron chi connectivity index (χ1n) is 5.96. The van der Waals surface area contributed by atoms with Crippen LogP contribution in [0.4, 0.5) is 5.69 Å². The first-order chi connectivity index (χ1) is 7.85. The van der Waals surface area contributed by atoms with Crippen LogP contribution in [0, 0.1) is 0 Å². The molecule has 0 bridgehead atoms. The molecule has 1 atom stereocenters. The minimum Gasteiger partial charge on any atom is -0.486 e. The summed E-state index contributed by atoms with van der Waals surface area (Å²) in [6.07, 6.45) is 2.10. The summed E-state index contributed by atoms with van der Waals surface area (Å²) < 4.78 is 5.89. The molecule has 1 aromatic rings. The van der Waals surface area contributed by atoms with E-state index in [0.717, 1.165) is 37.4 Å². The van der Waals surface area contributed by atoms with Crippen LogP contribution in [0.1, 0.15) is 19.8 Å². The minimum atomic E-state index is 0.246. The van der Waals surface area contributed by atoms with Crippen molar-refractivity contribution >= 4 is 5.69 Å². The molecule has 1 heterocycles. The van der Waals surface area contributed by atoms with Gasteiger partial charge in [0.05, 0.1) is 12.2 Å². The summed E-state index contributed by atoms with van der Waals surface area (Å²) in [4.78, 5) is 2.31. The van der Waals surface area contributed by atoms with Crippen LogP contribution in [0.25, 0.3) is 0 Å². The van der Waals surface area contributed by atoms with Crippen molar-refractivity contribution in [2.45, 2.75) is 25.9 Å². The maximum atomic E-state index is 8.91. The summed E-state index contributed by atoms with van der Waals surface area (Å²) >= 11 is 0. The van der Waals surface area contributed by atoms with Gasteiger partial charge in [-0.15, -0.1) is 0 Å². The number of benzene rings is 1. The highest BCUT2D eigenvalue weighted by atomic mass is 16.5. The number of nitrogens with zero attached hydrogens (tertiary/aromatic N) is 1. The van der Waals surface area contributed by atoms with E-state index in [2.05, 4.69) is 17.9 Å². The van der Waals surface area contributed by atoms with E-state index in [1.165, 1.54) is 0 Å². The van der Waals surface area contributed by atoms with Gasteiger partial charge in [-0.3, -0.25) is 0 Å². The molecule has 1 aliphatic heterocycles. The summed E-state index contributed by atoms with van der Waals surface area (Å²) in [7, 11) is 0. The molecule has 3 heteroatoms. The molecule has 0 saturated carbocycles. The lowest BCUT2D eigenvalue weighted by molar-refractivity contribution is 0.187. The third-order valence-electron chi connectivity index (χ3n) is 2.97. The lowest BCUT2D eigenvalue weighted by Crippen LogP contribution is -2.40. The van der Waals surface area contributed by atoms with E-state index in [0.29, 0.717) is 0 Å². The summed E-state index contributed by atoms with van der Waals surface area (Å²) in [5.41, 5.74) is 1.15. The second kappa shape index (κ2) is 5.21. The number of ether oxygens (including phenoxy) is 1. The van der Waals surface area contributed by atoms with Crippen LogP contribution >= 0.6 is 0 Å². The van der Waals surface area contributed by atoms with Gasteiger partial charge in [-0.1, -0.05) is 19.1 Å². The zero-order valence-corrected chi connectivity index (χ0v) is 9.72. The summed E-state index contributed by atoms with van der Waals surface area (Å²) in [6, 6.07) is 8.13. The largest absolute Gasteiger partial charge is 0.486 e. The zero-order valence-electron chi connectivity index (χ0n) is 9.72. The van der Waals surface area contributed by atoms with Crippen LogP contribution in [0.2, 0.25) is 0 Å². The van der Waals surface area contributed by atoms with Crippen LogP contribution in [0.15, 0.2) is 24.3 Å². The van der Waals surface area contributed by atoms with Gasteiger partial charge in [0, 0.05) is 13.2 Å². The average molecular weight is 221 g/mol. The second-order valence-corrected chi connectivity index (χ2v) is 4.14. The molecule has 0 radical (unpaired) electrons. The Morgan fingerprint density at radius 2 is 2.25 bits per heavy atom. The maximum Gasteiger partial charge on any atom is 0.143 e. The average Bonchev–Trinajstić information content (AvgIpc) is 2.35. The SMILES string of the molecule is CC[C@H]1CN(CCCO)c2ccccc2O1. The number of aliphatic hydroxyl groups is 1. The summed E-state index contributed by atoms with van der Waals surface area (Å²) in [5, 5.41) is 8.91. The molecule has 0 aliphatic carbocycles. The summed E-state index contributed by atoms with van der Waals surface area (Å²) in [6.45, 7) is 4.21. The van der Waals surface area contributed by atoms with E-state index in [1.54, 1.807) is 0 Å². The Labute approximate surface area is 96.6 Å². The van der Waals surface area contributed by atoms with Gasteiger partial charge < -0.3 is 14.7 Å². The Kier molecular flexibility index (Phi) is 3.67. The van der Waals surface area contributed by atoms with E-state index < -0.39 is 0 Å². The number of para-hydroxylation sites is 2. The summed E-state index contributed by atoms with van der Waals surface area (Å²) in [5.74, 6) is 0.971. The molecule has 0 amide bonds. The molecule has 16 heavy (non-hydrogen) atoms. The number of anilines is 1. The van der Waals surface area contributed by atoms with Gasteiger partial charge in [-0.05, 0) is 25.0 Å². The van der Waals surface area contributed by atoms with Gasteiger partial charge in [0.1, 0.15) is 11.9 Å². The second-order valence-electron chi connectivity index (χ2n) is 4.14. The number of aliphatic hydroxyl groups excluding tert-OH is 1. The molecule has 0 unspecified atom stereocenters. The van der Waals surface area contributed by atoms with Crippen molar-refractivity contribution in [1.29, 1.82) is 0 Å². The quantitative estimate of drug-likeness (QED) is 0.844. The number of rotatable bonds is 4. The molecule has 2 rings (SSSR count). The monoisotopic (exact) mass is 221 g/mol. The third-order valence-corrected chi connectivity index (χ3v) is 2.97. The van der Waals surface area contributed by atoms with Crippen LogP contribution in [-0.2, 0) is 0 Å². The van der Waals surface area contributed by atoms with Crippen molar-refractivity contribution in [2.24, 2.45) is 0 Å². The third kappa shape index (κ3) is 2.30. The molecule has 0 fully saturated rings. The minimum absolute atomic E-state index is 0.246. The highest BCUT2D eigenvalue weighted by Crippen LogP contribution is 2.33. The molecule has 0 spiro atoms. The molecular weight excluding hydrogens is 202 g/mol. The topological polar surface area (TPSA) is 32.7 Å². The van der Waals surface area contributed by atoms with E-state index >= 15 is 0 Å². The number of hydrogen-bond acceptors (Lipinski definition) is 3. The van der Waals surface area contributed by atoms with Gasteiger partial charge in [-0.2, -0.15) is 0 Å². The highest BCUT2D eigenvalue weighted by molar-refractivity contribution is 5.60. The highest BCUT2D eigenvalue weighted by Gasteiger charge is 2.23. The van der Waals surface area contributed by atoms with Crippen LogP contribution in [0.3, 0.4) is 0 Å².